The van der Waals surface area contributed by atoms with Crippen molar-refractivity contribution in [3.63, 3.8) is 0 Å². The summed E-state index contributed by atoms with van der Waals surface area (Å²) < 4.78 is 54.3. The summed E-state index contributed by atoms with van der Waals surface area (Å²) in [7, 11) is -4.10. The highest BCUT2D eigenvalue weighted by Gasteiger charge is 2.27. The van der Waals surface area contributed by atoms with Crippen molar-refractivity contribution in [3.05, 3.63) is 64.5 Å². The topological polar surface area (TPSA) is 87.6 Å². The second kappa shape index (κ2) is 7.88. The lowest BCUT2D eigenvalue weighted by atomic mass is 10.1. The molecule has 1 N–H and O–H groups in total. The van der Waals surface area contributed by atoms with E-state index in [9.17, 15) is 27.1 Å². The van der Waals surface area contributed by atoms with Gasteiger partial charge in [0.15, 0.2) is 5.82 Å². The van der Waals surface area contributed by atoms with Crippen LogP contribution in [-0.2, 0) is 10.0 Å². The fourth-order valence-electron chi connectivity index (χ4n) is 2.74. The van der Waals surface area contributed by atoms with Crippen LogP contribution in [0.2, 0.25) is 0 Å². The van der Waals surface area contributed by atoms with Crippen LogP contribution in [0.5, 0.6) is 0 Å². The Morgan fingerprint density at radius 3 is 2.55 bits per heavy atom. The first-order valence-corrected chi connectivity index (χ1v) is 10.7. The molecule has 29 heavy (non-hydrogen) atoms. The predicted molar refractivity (Wildman–Crippen MR) is 106 cm³/mol. The average Bonchev–Trinajstić information content (AvgIpc) is 3.11. The number of carboxylic acids is 1. The van der Waals surface area contributed by atoms with Gasteiger partial charge in [-0.2, -0.15) is 0 Å². The number of carboxylic acid groups (broad SMARTS) is 1. The molecule has 1 heterocycles. The summed E-state index contributed by atoms with van der Waals surface area (Å²) in [6, 6.07) is 6.90. The van der Waals surface area contributed by atoms with Crippen molar-refractivity contribution >= 4 is 33.1 Å². The zero-order chi connectivity index (χ0) is 21.3. The van der Waals surface area contributed by atoms with Crippen molar-refractivity contribution in [2.75, 3.05) is 10.8 Å². The fourth-order valence-corrected chi connectivity index (χ4v) is 5.08. The number of aromatic nitrogens is 1. The number of nitrogens with zero attached hydrogens (tertiary/aromatic N) is 2. The molecule has 0 amide bonds. The lowest BCUT2D eigenvalue weighted by molar-refractivity contribution is 0.0696. The largest absolute Gasteiger partial charge is 0.478 e. The van der Waals surface area contributed by atoms with Gasteiger partial charge in [-0.05, 0) is 43.7 Å². The van der Waals surface area contributed by atoms with Gasteiger partial charge in [0.1, 0.15) is 16.6 Å². The first-order valence-electron chi connectivity index (χ1n) is 8.42. The number of hydrogen-bond acceptors (Lipinski definition) is 5. The van der Waals surface area contributed by atoms with Crippen molar-refractivity contribution in [2.24, 2.45) is 0 Å². The number of aryl methyl sites for hydroxylation is 1. The number of thiazole rings is 1. The molecule has 0 saturated carbocycles. The van der Waals surface area contributed by atoms with E-state index in [-0.39, 0.29) is 33.4 Å². The number of aromatic carboxylic acids is 1. The highest BCUT2D eigenvalue weighted by atomic mass is 32.2. The number of halogens is 2. The standard InChI is InChI=1S/C19H16F2N2O4S2/c1-3-23(29(26,27)13-6-4-11(2)15(9-13)19(24)25)17-10-28-18(22-17)14-7-5-12(20)8-16(14)21/h4-10H,3H2,1-2H3,(H,24,25). The van der Waals surface area contributed by atoms with Crippen molar-refractivity contribution < 1.29 is 27.1 Å². The molecule has 1 aromatic heterocycles. The van der Waals surface area contributed by atoms with E-state index >= 15 is 0 Å². The van der Waals surface area contributed by atoms with Gasteiger partial charge < -0.3 is 5.11 Å². The van der Waals surface area contributed by atoms with Crippen LogP contribution in [0.15, 0.2) is 46.7 Å². The zero-order valence-electron chi connectivity index (χ0n) is 15.4. The summed E-state index contributed by atoms with van der Waals surface area (Å²) in [6.45, 7) is 3.19. The van der Waals surface area contributed by atoms with Gasteiger partial charge in [-0.3, -0.25) is 0 Å². The molecule has 0 saturated heterocycles. The van der Waals surface area contributed by atoms with Crippen LogP contribution >= 0.6 is 11.3 Å². The van der Waals surface area contributed by atoms with E-state index in [0.29, 0.717) is 5.56 Å². The molecular weight excluding hydrogens is 422 g/mol. The molecule has 0 aliphatic carbocycles. The van der Waals surface area contributed by atoms with Crippen LogP contribution in [-0.4, -0.2) is 31.0 Å². The van der Waals surface area contributed by atoms with Gasteiger partial charge in [-0.15, -0.1) is 11.3 Å². The molecule has 0 fully saturated rings. The molecular formula is C19H16F2N2O4S2. The first-order chi connectivity index (χ1) is 13.6. The molecule has 3 aromatic rings. The number of carbonyl (C=O) groups is 1. The minimum absolute atomic E-state index is 0.0215. The Morgan fingerprint density at radius 1 is 1.21 bits per heavy atom. The summed E-state index contributed by atoms with van der Waals surface area (Å²) in [5.74, 6) is -2.70. The van der Waals surface area contributed by atoms with Crippen LogP contribution in [0.4, 0.5) is 14.6 Å². The smallest absolute Gasteiger partial charge is 0.335 e. The van der Waals surface area contributed by atoms with E-state index in [2.05, 4.69) is 4.98 Å². The Bertz CT molecular complexity index is 1190. The molecule has 0 spiro atoms. The highest BCUT2D eigenvalue weighted by Crippen LogP contribution is 2.32. The van der Waals surface area contributed by atoms with Gasteiger partial charge in [0.05, 0.1) is 10.5 Å². The quantitative estimate of drug-likeness (QED) is 0.620. The minimum Gasteiger partial charge on any atom is -0.478 e. The Hall–Kier alpha value is -2.85. The van der Waals surface area contributed by atoms with Gasteiger partial charge >= 0.3 is 5.97 Å². The normalized spacial score (nSPS) is 11.4. The van der Waals surface area contributed by atoms with Gasteiger partial charge in [-0.25, -0.2) is 31.3 Å². The Labute approximate surface area is 170 Å². The van der Waals surface area contributed by atoms with Crippen LogP contribution in [0.1, 0.15) is 22.8 Å². The molecule has 0 bridgehead atoms. The minimum atomic E-state index is -4.10. The van der Waals surface area contributed by atoms with E-state index in [1.54, 1.807) is 13.8 Å². The van der Waals surface area contributed by atoms with Crippen LogP contribution in [0.25, 0.3) is 10.6 Å². The second-order valence-corrected chi connectivity index (χ2v) is 8.81. The summed E-state index contributed by atoms with van der Waals surface area (Å²) >= 11 is 1.01. The third-order valence-electron chi connectivity index (χ3n) is 4.22. The van der Waals surface area contributed by atoms with Crippen LogP contribution < -0.4 is 4.31 Å². The Kier molecular flexibility index (Phi) is 5.67. The predicted octanol–water partition coefficient (Wildman–Crippen LogP) is 4.31. The average molecular weight is 438 g/mol. The molecule has 0 unspecified atom stereocenters. The third-order valence-corrected chi connectivity index (χ3v) is 6.96. The molecule has 10 heteroatoms. The number of sulfonamides is 1. The molecule has 0 aliphatic rings. The highest BCUT2D eigenvalue weighted by molar-refractivity contribution is 7.92. The lowest BCUT2D eigenvalue weighted by Crippen LogP contribution is -2.31. The van der Waals surface area contributed by atoms with Crippen molar-refractivity contribution in [2.45, 2.75) is 18.7 Å². The van der Waals surface area contributed by atoms with Crippen LogP contribution in [0.3, 0.4) is 0 Å². The monoisotopic (exact) mass is 438 g/mol. The first kappa shape index (κ1) is 20.9. The molecule has 2 aromatic carbocycles. The van der Waals surface area contributed by atoms with Crippen molar-refractivity contribution in [1.82, 2.24) is 4.98 Å². The second-order valence-electron chi connectivity index (χ2n) is 6.09. The molecule has 0 aliphatic heterocycles. The third kappa shape index (κ3) is 3.99. The van der Waals surface area contributed by atoms with E-state index in [0.717, 1.165) is 33.8 Å². The summed E-state index contributed by atoms with van der Waals surface area (Å²) in [6.07, 6.45) is 0. The number of rotatable bonds is 6. The number of anilines is 1. The summed E-state index contributed by atoms with van der Waals surface area (Å²) in [5, 5.41) is 10.9. The number of hydrogen-bond donors (Lipinski definition) is 1. The molecule has 0 radical (unpaired) electrons. The summed E-state index contributed by atoms with van der Waals surface area (Å²) in [5.41, 5.74) is 0.372. The van der Waals surface area contributed by atoms with Crippen molar-refractivity contribution in [3.8, 4) is 10.6 Å². The summed E-state index contributed by atoms with van der Waals surface area (Å²) in [4.78, 5) is 15.4. The van der Waals surface area contributed by atoms with E-state index in [4.69, 9.17) is 0 Å². The lowest BCUT2D eigenvalue weighted by Gasteiger charge is -2.20. The maximum Gasteiger partial charge on any atom is 0.335 e. The van der Waals surface area contributed by atoms with Crippen molar-refractivity contribution in [1.29, 1.82) is 0 Å². The van der Waals surface area contributed by atoms with E-state index in [1.165, 1.54) is 23.6 Å². The number of benzene rings is 2. The molecule has 152 valence electrons. The molecule has 0 atom stereocenters. The Morgan fingerprint density at radius 2 is 1.93 bits per heavy atom. The van der Waals surface area contributed by atoms with Crippen LogP contribution in [0, 0.1) is 18.6 Å². The maximum atomic E-state index is 14.0. The zero-order valence-corrected chi connectivity index (χ0v) is 17.0. The van der Waals surface area contributed by atoms with E-state index in [1.807, 2.05) is 0 Å². The van der Waals surface area contributed by atoms with Gasteiger partial charge in [0.25, 0.3) is 10.0 Å². The van der Waals surface area contributed by atoms with Gasteiger partial charge in [-0.1, -0.05) is 6.07 Å². The SMILES string of the molecule is CCN(c1csc(-c2ccc(F)cc2F)n1)S(=O)(=O)c1ccc(C)c(C(=O)O)c1. The van der Waals surface area contributed by atoms with Gasteiger partial charge in [0.2, 0.25) is 0 Å². The fraction of sp³-hybridized carbons (Fsp3) is 0.158. The molecule has 6 nitrogen and oxygen atoms in total. The Balaban J connectivity index is 2.03. The maximum absolute atomic E-state index is 14.0. The molecule has 3 rings (SSSR count). The van der Waals surface area contributed by atoms with Gasteiger partial charge in [0, 0.05) is 23.6 Å². The van der Waals surface area contributed by atoms with E-state index < -0.39 is 27.6 Å².